The quantitative estimate of drug-likeness (QED) is 0.370. The number of amides is 1. The minimum atomic E-state index is -0.275. The van der Waals surface area contributed by atoms with Crippen molar-refractivity contribution in [3.63, 3.8) is 0 Å². The summed E-state index contributed by atoms with van der Waals surface area (Å²) >= 11 is 5.94. The van der Waals surface area contributed by atoms with Gasteiger partial charge >= 0.3 is 0 Å². The molecule has 0 saturated carbocycles. The maximum absolute atomic E-state index is 12.7. The lowest BCUT2D eigenvalue weighted by Crippen LogP contribution is -2.30. The number of imidazole rings is 1. The maximum atomic E-state index is 12.7. The highest BCUT2D eigenvalue weighted by molar-refractivity contribution is 6.30. The highest BCUT2D eigenvalue weighted by atomic mass is 35.5. The number of hydrogen-bond acceptors (Lipinski definition) is 4. The van der Waals surface area contributed by atoms with Crippen LogP contribution in [-0.4, -0.2) is 29.2 Å². The van der Waals surface area contributed by atoms with Crippen molar-refractivity contribution in [1.82, 2.24) is 14.9 Å². The lowest BCUT2D eigenvalue weighted by atomic mass is 10.1. The monoisotopic (exact) mass is 463 g/mol. The van der Waals surface area contributed by atoms with Crippen LogP contribution in [0.5, 0.6) is 11.5 Å². The van der Waals surface area contributed by atoms with Gasteiger partial charge in [0, 0.05) is 5.02 Å². The zero-order chi connectivity index (χ0) is 23.2. The molecule has 0 aliphatic carbocycles. The van der Waals surface area contributed by atoms with Gasteiger partial charge in [-0.1, -0.05) is 48.0 Å². The molecule has 170 valence electrons. The normalized spacial score (nSPS) is 11.8. The van der Waals surface area contributed by atoms with Crippen molar-refractivity contribution < 1.29 is 14.3 Å². The highest BCUT2D eigenvalue weighted by Gasteiger charge is 2.19. The number of hydrogen-bond donors (Lipinski definition) is 1. The first-order chi connectivity index (χ1) is 16.0. The van der Waals surface area contributed by atoms with Crippen molar-refractivity contribution in [1.29, 1.82) is 0 Å². The van der Waals surface area contributed by atoms with Crippen LogP contribution in [0.4, 0.5) is 0 Å². The van der Waals surface area contributed by atoms with Crippen molar-refractivity contribution in [3.05, 3.63) is 89.2 Å². The number of methoxy groups -OCH3 is 1. The largest absolute Gasteiger partial charge is 0.493 e. The Morgan fingerprint density at radius 1 is 1.03 bits per heavy atom. The summed E-state index contributed by atoms with van der Waals surface area (Å²) in [5.74, 6) is 2.09. The van der Waals surface area contributed by atoms with E-state index in [0.29, 0.717) is 29.7 Å². The fourth-order valence-corrected chi connectivity index (χ4v) is 3.92. The Kier molecular flexibility index (Phi) is 7.15. The first-order valence-electron chi connectivity index (χ1n) is 10.8. The molecule has 0 spiro atoms. The molecule has 1 aromatic heterocycles. The van der Waals surface area contributed by atoms with Gasteiger partial charge in [0.2, 0.25) is 5.91 Å². The highest BCUT2D eigenvalue weighted by Crippen LogP contribution is 2.26. The number of nitrogens with zero attached hydrogens (tertiary/aromatic N) is 2. The fraction of sp³-hybridized carbons (Fsp3) is 0.231. The molecule has 0 bridgehead atoms. The standard InChI is InChI=1S/C26H26ClN3O3/c1-18(28-25(31)17-19-11-13-20(27)14-12-19)26-29-21-7-3-4-8-22(21)30(26)15-16-33-24-10-6-5-9-23(24)32-2/h3-14,18H,15-17H2,1-2H3,(H,28,31). The molecule has 0 saturated heterocycles. The van der Waals surface area contributed by atoms with Gasteiger partial charge in [-0.3, -0.25) is 4.79 Å². The molecule has 1 amide bonds. The van der Waals surface area contributed by atoms with Crippen LogP contribution in [0.1, 0.15) is 24.4 Å². The zero-order valence-corrected chi connectivity index (χ0v) is 19.4. The Balaban J connectivity index is 1.49. The molecule has 4 aromatic rings. The van der Waals surface area contributed by atoms with Gasteiger partial charge in [0.1, 0.15) is 12.4 Å². The lowest BCUT2D eigenvalue weighted by Gasteiger charge is -2.17. The zero-order valence-electron chi connectivity index (χ0n) is 18.6. The molecule has 1 atom stereocenters. The molecule has 0 fully saturated rings. The minimum Gasteiger partial charge on any atom is -0.493 e. The van der Waals surface area contributed by atoms with Crippen molar-refractivity contribution >= 4 is 28.5 Å². The third kappa shape index (κ3) is 5.46. The molecular weight excluding hydrogens is 438 g/mol. The molecular formula is C26H26ClN3O3. The molecule has 3 aromatic carbocycles. The second-order valence-electron chi connectivity index (χ2n) is 7.70. The van der Waals surface area contributed by atoms with Crippen LogP contribution in [0.3, 0.4) is 0 Å². The van der Waals surface area contributed by atoms with E-state index in [1.165, 1.54) is 0 Å². The molecule has 7 heteroatoms. The van der Waals surface area contributed by atoms with Crippen LogP contribution in [0, 0.1) is 0 Å². The number of aromatic nitrogens is 2. The van der Waals surface area contributed by atoms with E-state index in [4.69, 9.17) is 26.1 Å². The van der Waals surface area contributed by atoms with Crippen molar-refractivity contribution in [2.45, 2.75) is 25.9 Å². The minimum absolute atomic E-state index is 0.0753. The third-order valence-electron chi connectivity index (χ3n) is 5.37. The number of fused-ring (bicyclic) bond motifs is 1. The Bertz CT molecular complexity index is 1240. The van der Waals surface area contributed by atoms with Crippen LogP contribution in [0.25, 0.3) is 11.0 Å². The summed E-state index contributed by atoms with van der Waals surface area (Å²) < 4.78 is 13.4. The molecule has 4 rings (SSSR count). The van der Waals surface area contributed by atoms with E-state index in [-0.39, 0.29) is 18.4 Å². The first kappa shape index (κ1) is 22.7. The second kappa shape index (κ2) is 10.4. The van der Waals surface area contributed by atoms with Crippen LogP contribution in [0.15, 0.2) is 72.8 Å². The summed E-state index contributed by atoms with van der Waals surface area (Å²) in [5, 5.41) is 3.72. The second-order valence-corrected chi connectivity index (χ2v) is 8.14. The van der Waals surface area contributed by atoms with Gasteiger partial charge < -0.3 is 19.4 Å². The Hall–Kier alpha value is -3.51. The number of carbonyl (C=O) groups excluding carboxylic acids is 1. The number of nitrogens with one attached hydrogen (secondary N) is 1. The predicted octanol–water partition coefficient (Wildman–Crippen LogP) is 5.20. The van der Waals surface area contributed by atoms with Gasteiger partial charge in [-0.15, -0.1) is 0 Å². The van der Waals surface area contributed by atoms with Crippen LogP contribution in [-0.2, 0) is 17.8 Å². The van der Waals surface area contributed by atoms with Crippen molar-refractivity contribution in [2.24, 2.45) is 0 Å². The van der Waals surface area contributed by atoms with Gasteiger partial charge in [0.15, 0.2) is 11.5 Å². The summed E-state index contributed by atoms with van der Waals surface area (Å²) in [4.78, 5) is 17.5. The van der Waals surface area contributed by atoms with Gasteiger partial charge in [-0.25, -0.2) is 4.98 Å². The van der Waals surface area contributed by atoms with E-state index in [1.807, 2.05) is 67.6 Å². The first-order valence-corrected chi connectivity index (χ1v) is 11.2. The number of benzene rings is 3. The molecule has 6 nitrogen and oxygen atoms in total. The molecule has 1 unspecified atom stereocenters. The number of ether oxygens (including phenoxy) is 2. The van der Waals surface area contributed by atoms with Crippen LogP contribution in [0.2, 0.25) is 5.02 Å². The van der Waals surface area contributed by atoms with Gasteiger partial charge in [0.25, 0.3) is 0 Å². The van der Waals surface area contributed by atoms with Crippen molar-refractivity contribution in [2.75, 3.05) is 13.7 Å². The van der Waals surface area contributed by atoms with Crippen LogP contribution >= 0.6 is 11.6 Å². The summed E-state index contributed by atoms with van der Waals surface area (Å²) in [6.45, 7) is 2.95. The summed E-state index contributed by atoms with van der Waals surface area (Å²) in [6, 6.07) is 22.5. The molecule has 33 heavy (non-hydrogen) atoms. The number of carbonyl (C=O) groups is 1. The summed E-state index contributed by atoms with van der Waals surface area (Å²) in [7, 11) is 1.62. The van der Waals surface area contributed by atoms with Gasteiger partial charge in [-0.05, 0) is 48.9 Å². The van der Waals surface area contributed by atoms with E-state index < -0.39 is 0 Å². The molecule has 1 heterocycles. The topological polar surface area (TPSA) is 65.4 Å². The lowest BCUT2D eigenvalue weighted by molar-refractivity contribution is -0.121. The number of para-hydroxylation sites is 4. The van der Waals surface area contributed by atoms with E-state index >= 15 is 0 Å². The average Bonchev–Trinajstić information content (AvgIpc) is 3.20. The van der Waals surface area contributed by atoms with Gasteiger partial charge in [-0.2, -0.15) is 0 Å². The summed E-state index contributed by atoms with van der Waals surface area (Å²) in [6.07, 6.45) is 0.276. The Labute approximate surface area is 198 Å². The summed E-state index contributed by atoms with van der Waals surface area (Å²) in [5.41, 5.74) is 2.78. The number of halogens is 1. The SMILES string of the molecule is COc1ccccc1OCCn1c(C(C)NC(=O)Cc2ccc(Cl)cc2)nc2ccccc21. The smallest absolute Gasteiger partial charge is 0.224 e. The van der Waals surface area contributed by atoms with E-state index in [9.17, 15) is 4.79 Å². The van der Waals surface area contributed by atoms with Gasteiger partial charge in [0.05, 0.1) is 37.2 Å². The maximum Gasteiger partial charge on any atom is 0.224 e. The van der Waals surface area contributed by atoms with E-state index in [1.54, 1.807) is 19.2 Å². The average molecular weight is 464 g/mol. The van der Waals surface area contributed by atoms with Crippen LogP contribution < -0.4 is 14.8 Å². The van der Waals surface area contributed by atoms with E-state index in [0.717, 1.165) is 22.4 Å². The molecule has 0 aliphatic heterocycles. The number of rotatable bonds is 9. The predicted molar refractivity (Wildman–Crippen MR) is 130 cm³/mol. The van der Waals surface area contributed by atoms with Crippen molar-refractivity contribution in [3.8, 4) is 11.5 Å². The molecule has 0 aliphatic rings. The Morgan fingerprint density at radius 3 is 2.48 bits per heavy atom. The third-order valence-corrected chi connectivity index (χ3v) is 5.62. The van der Waals surface area contributed by atoms with E-state index in [2.05, 4.69) is 9.88 Å². The molecule has 1 N–H and O–H groups in total. The Morgan fingerprint density at radius 2 is 1.73 bits per heavy atom. The molecule has 0 radical (unpaired) electrons. The fourth-order valence-electron chi connectivity index (χ4n) is 3.79.